The summed E-state index contributed by atoms with van der Waals surface area (Å²) in [5, 5.41) is 8.63. The molecule has 3 heterocycles. The Morgan fingerprint density at radius 1 is 0.942 bits per heavy atom. The summed E-state index contributed by atoms with van der Waals surface area (Å²) < 4.78 is 62.1. The van der Waals surface area contributed by atoms with E-state index in [1.165, 1.54) is 46.0 Å². The van der Waals surface area contributed by atoms with E-state index in [0.717, 1.165) is 55.4 Å². The van der Waals surface area contributed by atoms with Gasteiger partial charge in [0.1, 0.15) is 34.3 Å². The molecule has 1 unspecified atom stereocenters. The van der Waals surface area contributed by atoms with Crippen LogP contribution in [0.1, 0.15) is 107 Å². The van der Waals surface area contributed by atoms with E-state index in [2.05, 4.69) is 29.1 Å². The summed E-state index contributed by atoms with van der Waals surface area (Å²) in [5.74, 6) is -2.59. The number of fused-ring (bicyclic) bond motifs is 1. The first-order valence-electron chi connectivity index (χ1n) is 16.9. The van der Waals surface area contributed by atoms with Gasteiger partial charge in [-0.05, 0) is 100 Å². The van der Waals surface area contributed by atoms with Crippen molar-refractivity contribution in [3.8, 4) is 5.40 Å². The van der Waals surface area contributed by atoms with E-state index < -0.39 is 41.0 Å². The number of aromatic amines is 1. The number of thiol groups is 1. The first-order valence-corrected chi connectivity index (χ1v) is 17.7. The first kappa shape index (κ1) is 48.3. The number of ketones is 1. The molecule has 1 N–H and O–H groups in total. The quantitative estimate of drug-likeness (QED) is 0.0789. The number of likely N-dealkylation sites (tertiary alicyclic amines) is 1. The van der Waals surface area contributed by atoms with Crippen molar-refractivity contribution in [2.45, 2.75) is 116 Å². The number of carbonyl (C=O) groups excluding carboxylic acids is 2. The average molecular weight is 810 g/mol. The number of rotatable bonds is 9. The van der Waals surface area contributed by atoms with Crippen molar-refractivity contribution in [3.05, 3.63) is 87.0 Å². The van der Waals surface area contributed by atoms with E-state index in [4.69, 9.17) is 22.2 Å². The van der Waals surface area contributed by atoms with Gasteiger partial charge in [-0.15, -0.1) is 12.4 Å². The van der Waals surface area contributed by atoms with Gasteiger partial charge >= 0.3 is 57.5 Å². The van der Waals surface area contributed by atoms with E-state index in [0.29, 0.717) is 30.5 Å². The summed E-state index contributed by atoms with van der Waals surface area (Å²) in [7, 11) is 0. The van der Waals surface area contributed by atoms with E-state index in [-0.39, 0.29) is 88.0 Å². The summed E-state index contributed by atoms with van der Waals surface area (Å²) >= 11 is 8.46. The monoisotopic (exact) mass is 809 g/mol. The molecule has 2 aliphatic rings. The number of aromatic nitrogens is 2. The van der Waals surface area contributed by atoms with Crippen molar-refractivity contribution >= 4 is 49.1 Å². The number of nitriles is 1. The molecule has 3 atom stereocenters. The number of H-pyrrole nitrogens is 1. The molecule has 52 heavy (non-hydrogen) atoms. The Morgan fingerprint density at radius 2 is 1.44 bits per heavy atom. The van der Waals surface area contributed by atoms with Crippen molar-refractivity contribution in [1.29, 1.82) is 5.26 Å². The summed E-state index contributed by atoms with van der Waals surface area (Å²) in [6, 6.07) is 6.50. The molecule has 5 rings (SSSR count). The predicted octanol–water partition coefficient (Wildman–Crippen LogP) is 7.15. The summed E-state index contributed by atoms with van der Waals surface area (Å²) in [6.45, 7) is 10.3. The Morgan fingerprint density at radius 3 is 1.92 bits per heavy atom. The van der Waals surface area contributed by atoms with Crippen LogP contribution in [0.25, 0.3) is 0 Å². The van der Waals surface area contributed by atoms with Gasteiger partial charge in [-0.3, -0.25) is 9.69 Å². The van der Waals surface area contributed by atoms with Crippen LogP contribution in [0.4, 0.5) is 22.4 Å². The Balaban J connectivity index is 0.000000474. The maximum absolute atomic E-state index is 13.6. The number of aryl methyl sites for hydroxylation is 1. The second-order valence-electron chi connectivity index (χ2n) is 13.6. The molecule has 0 bridgehead atoms. The summed E-state index contributed by atoms with van der Waals surface area (Å²) in [4.78, 5) is 29.8. The van der Waals surface area contributed by atoms with Crippen LogP contribution in [0.3, 0.4) is 0 Å². The van der Waals surface area contributed by atoms with Crippen LogP contribution in [0.15, 0.2) is 36.4 Å². The third kappa shape index (κ3) is 14.2. The topological polar surface area (TPSA) is 91.1 Å². The normalized spacial score (nSPS) is 17.2. The number of nitrogens with one attached hydrogen (secondary N) is 1. The van der Waals surface area contributed by atoms with Crippen molar-refractivity contribution < 1.29 is 83.3 Å². The molecule has 0 spiro atoms. The SMILES string of the molecule is CCCCC(=O)C1C[C@@H](c2cc(F)cc(F)c2)CN1C(=O)OC(C)(C)C.CCCCc1[nH]c(=S)n2c1C[C@@H](c1cc(F)cc(F)c1)C2.Cl.N#CS.[K+]. The van der Waals surface area contributed by atoms with E-state index >= 15 is 0 Å². The van der Waals surface area contributed by atoms with Crippen molar-refractivity contribution in [2.75, 3.05) is 6.54 Å². The molecule has 3 aromatic rings. The van der Waals surface area contributed by atoms with Gasteiger partial charge in [0, 0.05) is 54.9 Å². The van der Waals surface area contributed by atoms with Crippen molar-refractivity contribution in [1.82, 2.24) is 14.5 Å². The van der Waals surface area contributed by atoms with Crippen molar-refractivity contribution in [2.24, 2.45) is 0 Å². The Kier molecular flexibility index (Phi) is 21.0. The third-order valence-electron chi connectivity index (χ3n) is 8.59. The number of ether oxygens (including phenoxy) is 1. The number of carbonyl (C=O) groups is 2. The Bertz CT molecular complexity index is 1700. The standard InChI is InChI=1S/C20H27F2NO3.C16H18F2N2S.CHNS.ClH.K/c1-5-6-7-18(24)17-10-14(13-8-15(21)11-16(22)9-13)12-23(17)19(25)26-20(2,3)4;1-2-3-4-14-15-7-11(9-20(15)16(21)19-14)10-5-12(17)8-13(18)6-10;2-1-3;;/h8-9,11,14,17H,5-7,10,12H2,1-4H3;5-6,8,11H,2-4,7,9H2,1H3,(H,19,21);3H;1H;/q;;;;+1/t14-,17?;11-;;;/m11.../s1. The number of thiocyanates is 1. The molecular formula is C37H47ClF4KN4O3S2+. The number of hydrogen-bond donors (Lipinski definition) is 2. The van der Waals surface area contributed by atoms with Gasteiger partial charge in [-0.2, -0.15) is 5.26 Å². The van der Waals surface area contributed by atoms with Gasteiger partial charge in [0.05, 0.1) is 6.04 Å². The number of nitrogens with zero attached hydrogens (tertiary/aromatic N) is 3. The minimum Gasteiger partial charge on any atom is -0.444 e. The molecule has 2 aliphatic heterocycles. The molecule has 1 aromatic heterocycles. The fraction of sp³-hybridized carbons (Fsp3) is 0.514. The number of amides is 1. The fourth-order valence-electron chi connectivity index (χ4n) is 6.33. The third-order valence-corrected chi connectivity index (χ3v) is 8.91. The molecule has 0 saturated carbocycles. The number of Topliss-reactive ketones (excluding diaryl/α,β-unsaturated/α-hetero) is 1. The minimum absolute atomic E-state index is 0. The predicted molar refractivity (Wildman–Crippen MR) is 198 cm³/mol. The number of unbranched alkanes of at least 4 members (excludes halogenated alkanes) is 2. The number of imidazole rings is 1. The van der Waals surface area contributed by atoms with Crippen LogP contribution >= 0.6 is 37.3 Å². The molecule has 0 aliphatic carbocycles. The van der Waals surface area contributed by atoms with Gasteiger partial charge < -0.3 is 14.3 Å². The van der Waals surface area contributed by atoms with Gasteiger partial charge in [0.2, 0.25) is 0 Å². The van der Waals surface area contributed by atoms with E-state index in [1.54, 1.807) is 20.8 Å². The van der Waals surface area contributed by atoms with Crippen LogP contribution in [-0.4, -0.2) is 44.5 Å². The molecule has 15 heteroatoms. The number of benzene rings is 2. The second-order valence-corrected chi connectivity index (χ2v) is 14.2. The average Bonchev–Trinajstić information content (AvgIpc) is 3.73. The molecule has 1 saturated heterocycles. The van der Waals surface area contributed by atoms with Gasteiger partial charge in [0.15, 0.2) is 10.6 Å². The largest absolute Gasteiger partial charge is 1.00 e. The maximum Gasteiger partial charge on any atom is 1.00 e. The Labute approximate surface area is 363 Å². The van der Waals surface area contributed by atoms with Crippen LogP contribution in [0.2, 0.25) is 0 Å². The smallest absolute Gasteiger partial charge is 0.444 e. The summed E-state index contributed by atoms with van der Waals surface area (Å²) in [5.41, 5.74) is 2.87. The fourth-order valence-corrected chi connectivity index (χ4v) is 6.63. The molecule has 7 nitrogen and oxygen atoms in total. The maximum atomic E-state index is 13.6. The van der Waals surface area contributed by atoms with E-state index in [9.17, 15) is 27.2 Å². The second kappa shape index (κ2) is 22.6. The molecule has 1 fully saturated rings. The zero-order chi connectivity index (χ0) is 37.2. The van der Waals surface area contributed by atoms with Crippen LogP contribution in [0, 0.1) is 38.7 Å². The van der Waals surface area contributed by atoms with Gasteiger partial charge in [-0.1, -0.05) is 39.3 Å². The molecule has 2 aromatic carbocycles. The molecule has 1 amide bonds. The molecule has 280 valence electrons. The zero-order valence-electron chi connectivity index (χ0n) is 30.6. The zero-order valence-corrected chi connectivity index (χ0v) is 36.3. The Hall–Kier alpha value is -1.70. The molecular weight excluding hydrogens is 763 g/mol. The van der Waals surface area contributed by atoms with Crippen molar-refractivity contribution in [3.63, 3.8) is 0 Å². The molecule has 0 radical (unpaired) electrons. The first-order chi connectivity index (χ1) is 23.6. The number of hydrogen-bond acceptors (Lipinski definition) is 6. The number of halogens is 5. The van der Waals surface area contributed by atoms with Crippen LogP contribution in [0.5, 0.6) is 0 Å². The van der Waals surface area contributed by atoms with Crippen LogP contribution < -0.4 is 51.4 Å². The van der Waals surface area contributed by atoms with E-state index in [1.807, 2.05) is 6.92 Å². The summed E-state index contributed by atoms with van der Waals surface area (Å²) in [6.07, 6.45) is 5.80. The van der Waals surface area contributed by atoms with Gasteiger partial charge in [-0.25, -0.2) is 22.4 Å². The van der Waals surface area contributed by atoms with Crippen LogP contribution in [-0.2, 0) is 28.9 Å². The van der Waals surface area contributed by atoms with Gasteiger partial charge in [0.25, 0.3) is 0 Å². The minimum atomic E-state index is -0.683.